The van der Waals surface area contributed by atoms with Crippen LogP contribution in [-0.4, -0.2) is 35.3 Å². The number of rotatable bonds is 4. The first-order valence-corrected chi connectivity index (χ1v) is 8.21. The Morgan fingerprint density at radius 3 is 2.41 bits per heavy atom. The lowest BCUT2D eigenvalue weighted by Crippen LogP contribution is -2.35. The standard InChI is InChI=1S/C20H17F2N3O2/c1-12-17(9-13-3-4-15(22)10-18(13)23-12)20(27)25(2)11-19(26)24-16-7-5-14(21)6-8-16/h3-10H,11H2,1-2H3,(H,24,26). The summed E-state index contributed by atoms with van der Waals surface area (Å²) in [5.41, 5.74) is 1.68. The van der Waals surface area contributed by atoms with E-state index < -0.39 is 17.5 Å². The monoisotopic (exact) mass is 369 g/mol. The molecule has 3 aromatic rings. The Morgan fingerprint density at radius 2 is 1.70 bits per heavy atom. The molecule has 5 nitrogen and oxygen atoms in total. The average molecular weight is 369 g/mol. The zero-order valence-corrected chi connectivity index (χ0v) is 14.8. The first-order valence-electron chi connectivity index (χ1n) is 8.21. The van der Waals surface area contributed by atoms with Gasteiger partial charge in [-0.1, -0.05) is 0 Å². The fraction of sp³-hybridized carbons (Fsp3) is 0.150. The van der Waals surface area contributed by atoms with E-state index in [0.717, 1.165) is 0 Å². The minimum absolute atomic E-state index is 0.183. The maximum Gasteiger partial charge on any atom is 0.255 e. The lowest BCUT2D eigenvalue weighted by atomic mass is 10.1. The summed E-state index contributed by atoms with van der Waals surface area (Å²) in [5, 5.41) is 3.23. The summed E-state index contributed by atoms with van der Waals surface area (Å²) in [6, 6.07) is 11.1. The number of amides is 2. The first-order chi connectivity index (χ1) is 12.8. The molecule has 1 aromatic heterocycles. The summed E-state index contributed by atoms with van der Waals surface area (Å²) in [6.07, 6.45) is 0. The van der Waals surface area contributed by atoms with Crippen LogP contribution in [0.15, 0.2) is 48.5 Å². The summed E-state index contributed by atoms with van der Waals surface area (Å²) in [5.74, 6) is -1.59. The Labute approximate surface area is 154 Å². The number of fused-ring (bicyclic) bond motifs is 1. The molecule has 0 radical (unpaired) electrons. The molecule has 0 aliphatic carbocycles. The number of carbonyl (C=O) groups excluding carboxylic acids is 2. The van der Waals surface area contributed by atoms with Crippen LogP contribution < -0.4 is 5.32 Å². The van der Waals surface area contributed by atoms with Gasteiger partial charge in [-0.3, -0.25) is 14.6 Å². The Morgan fingerprint density at radius 1 is 1.04 bits per heavy atom. The van der Waals surface area contributed by atoms with Crippen LogP contribution in [-0.2, 0) is 4.79 Å². The summed E-state index contributed by atoms with van der Waals surface area (Å²) >= 11 is 0. The Kier molecular flexibility index (Phi) is 5.12. The SMILES string of the molecule is Cc1nc2cc(F)ccc2cc1C(=O)N(C)CC(=O)Nc1ccc(F)cc1. The number of anilines is 1. The third-order valence-corrected chi connectivity index (χ3v) is 4.06. The molecule has 0 fully saturated rings. The van der Waals surface area contributed by atoms with Gasteiger partial charge in [0, 0.05) is 24.2 Å². The van der Waals surface area contributed by atoms with Gasteiger partial charge < -0.3 is 10.2 Å². The molecule has 0 spiro atoms. The van der Waals surface area contributed by atoms with E-state index in [-0.39, 0.29) is 12.5 Å². The maximum atomic E-state index is 13.3. The molecule has 0 aliphatic heterocycles. The average Bonchev–Trinajstić information content (AvgIpc) is 2.62. The number of benzene rings is 2. The van der Waals surface area contributed by atoms with E-state index in [1.54, 1.807) is 19.1 Å². The van der Waals surface area contributed by atoms with Gasteiger partial charge in [-0.25, -0.2) is 8.78 Å². The highest BCUT2D eigenvalue weighted by Gasteiger charge is 2.18. The first kappa shape index (κ1) is 18.4. The van der Waals surface area contributed by atoms with Crippen molar-refractivity contribution < 1.29 is 18.4 Å². The Bertz CT molecular complexity index is 1020. The van der Waals surface area contributed by atoms with Crippen LogP contribution in [0.3, 0.4) is 0 Å². The summed E-state index contributed by atoms with van der Waals surface area (Å²) in [6.45, 7) is 1.47. The predicted molar refractivity (Wildman–Crippen MR) is 98.4 cm³/mol. The van der Waals surface area contributed by atoms with Crippen LogP contribution in [0.1, 0.15) is 16.1 Å². The summed E-state index contributed by atoms with van der Waals surface area (Å²) in [7, 11) is 1.50. The second kappa shape index (κ2) is 7.49. The molecular weight excluding hydrogens is 352 g/mol. The molecule has 0 bridgehead atoms. The molecule has 0 saturated carbocycles. The van der Waals surface area contributed by atoms with Gasteiger partial charge in [-0.2, -0.15) is 0 Å². The van der Waals surface area contributed by atoms with E-state index in [1.807, 2.05) is 0 Å². The van der Waals surface area contributed by atoms with E-state index in [1.165, 1.54) is 48.3 Å². The normalized spacial score (nSPS) is 10.7. The molecule has 0 saturated heterocycles. The van der Waals surface area contributed by atoms with Gasteiger partial charge >= 0.3 is 0 Å². The number of aromatic nitrogens is 1. The molecule has 27 heavy (non-hydrogen) atoms. The van der Waals surface area contributed by atoms with Gasteiger partial charge in [0.05, 0.1) is 23.3 Å². The number of pyridine rings is 1. The van der Waals surface area contributed by atoms with Gasteiger partial charge in [0.25, 0.3) is 5.91 Å². The molecule has 2 amide bonds. The number of hydrogen-bond acceptors (Lipinski definition) is 3. The van der Waals surface area contributed by atoms with Crippen LogP contribution in [0.2, 0.25) is 0 Å². The molecule has 3 rings (SSSR count). The van der Waals surface area contributed by atoms with Crippen LogP contribution in [0, 0.1) is 18.6 Å². The zero-order chi connectivity index (χ0) is 19.6. The van der Waals surface area contributed by atoms with Gasteiger partial charge in [-0.05, 0) is 49.4 Å². The highest BCUT2D eigenvalue weighted by Crippen LogP contribution is 2.19. The molecule has 138 valence electrons. The minimum atomic E-state index is -0.411. The number of halogens is 2. The molecule has 0 unspecified atom stereocenters. The highest BCUT2D eigenvalue weighted by atomic mass is 19.1. The Balaban J connectivity index is 1.73. The zero-order valence-electron chi connectivity index (χ0n) is 14.8. The van der Waals surface area contributed by atoms with Crippen molar-refractivity contribution >= 4 is 28.4 Å². The summed E-state index contributed by atoms with van der Waals surface area (Å²) < 4.78 is 26.2. The van der Waals surface area contributed by atoms with Crippen LogP contribution >= 0.6 is 0 Å². The number of nitrogens with zero attached hydrogens (tertiary/aromatic N) is 2. The molecule has 7 heteroatoms. The van der Waals surface area contributed by atoms with Crippen molar-refractivity contribution in [3.05, 3.63) is 71.4 Å². The fourth-order valence-corrected chi connectivity index (χ4v) is 2.68. The van der Waals surface area contributed by atoms with E-state index in [0.29, 0.717) is 27.8 Å². The second-order valence-electron chi connectivity index (χ2n) is 6.17. The molecular formula is C20H17F2N3O2. The molecule has 0 aliphatic rings. The van der Waals surface area contributed by atoms with E-state index in [2.05, 4.69) is 10.3 Å². The lowest BCUT2D eigenvalue weighted by Gasteiger charge is -2.18. The molecule has 1 N–H and O–H groups in total. The number of hydrogen-bond donors (Lipinski definition) is 1. The van der Waals surface area contributed by atoms with Crippen molar-refractivity contribution in [2.45, 2.75) is 6.92 Å². The molecule has 0 atom stereocenters. The van der Waals surface area contributed by atoms with Crippen molar-refractivity contribution in [1.82, 2.24) is 9.88 Å². The van der Waals surface area contributed by atoms with Gasteiger partial charge in [0.2, 0.25) is 5.91 Å². The number of carbonyl (C=O) groups is 2. The van der Waals surface area contributed by atoms with Crippen molar-refractivity contribution in [2.24, 2.45) is 0 Å². The highest BCUT2D eigenvalue weighted by molar-refractivity contribution is 6.01. The minimum Gasteiger partial charge on any atom is -0.332 e. The quantitative estimate of drug-likeness (QED) is 0.765. The van der Waals surface area contributed by atoms with Crippen LogP contribution in [0.25, 0.3) is 10.9 Å². The van der Waals surface area contributed by atoms with Crippen molar-refractivity contribution in [1.29, 1.82) is 0 Å². The van der Waals surface area contributed by atoms with Crippen molar-refractivity contribution in [3.63, 3.8) is 0 Å². The lowest BCUT2D eigenvalue weighted by molar-refractivity contribution is -0.116. The maximum absolute atomic E-state index is 13.3. The molecule has 1 heterocycles. The van der Waals surface area contributed by atoms with Gasteiger partial charge in [0.1, 0.15) is 11.6 Å². The number of aryl methyl sites for hydroxylation is 1. The topological polar surface area (TPSA) is 62.3 Å². The fourth-order valence-electron chi connectivity index (χ4n) is 2.68. The Hall–Kier alpha value is -3.35. The van der Waals surface area contributed by atoms with Gasteiger partial charge in [-0.15, -0.1) is 0 Å². The number of likely N-dealkylation sites (N-methyl/N-ethyl adjacent to an activating group) is 1. The van der Waals surface area contributed by atoms with Crippen molar-refractivity contribution in [3.8, 4) is 0 Å². The summed E-state index contributed by atoms with van der Waals surface area (Å²) in [4.78, 5) is 30.3. The number of nitrogens with one attached hydrogen (secondary N) is 1. The molecule has 2 aromatic carbocycles. The predicted octanol–water partition coefficient (Wildman–Crippen LogP) is 3.53. The second-order valence-corrected chi connectivity index (χ2v) is 6.17. The van der Waals surface area contributed by atoms with Crippen molar-refractivity contribution in [2.75, 3.05) is 18.9 Å². The van der Waals surface area contributed by atoms with E-state index in [9.17, 15) is 18.4 Å². The van der Waals surface area contributed by atoms with Crippen LogP contribution in [0.5, 0.6) is 0 Å². The largest absolute Gasteiger partial charge is 0.332 e. The third-order valence-electron chi connectivity index (χ3n) is 4.06. The van der Waals surface area contributed by atoms with Crippen LogP contribution in [0.4, 0.5) is 14.5 Å². The smallest absolute Gasteiger partial charge is 0.255 e. The van der Waals surface area contributed by atoms with E-state index >= 15 is 0 Å². The van der Waals surface area contributed by atoms with E-state index in [4.69, 9.17) is 0 Å². The third kappa shape index (κ3) is 4.25. The van der Waals surface area contributed by atoms with Gasteiger partial charge in [0.15, 0.2) is 0 Å².